The van der Waals surface area contributed by atoms with Gasteiger partial charge in [0.05, 0.1) is 31.5 Å². The minimum absolute atomic E-state index is 0.0151. The third kappa shape index (κ3) is 4.52. The van der Waals surface area contributed by atoms with Gasteiger partial charge in [0.25, 0.3) is 0 Å². The van der Waals surface area contributed by atoms with Crippen LogP contribution in [-0.2, 0) is 9.47 Å². The van der Waals surface area contributed by atoms with Crippen molar-refractivity contribution in [3.8, 4) is 28.6 Å². The molecule has 13 nitrogen and oxygen atoms in total. The van der Waals surface area contributed by atoms with Crippen molar-refractivity contribution in [1.29, 1.82) is 0 Å². The normalized spacial score (nSPS) is 31.4. The molecule has 8 N–H and O–H groups in total. The molecule has 8 unspecified atom stereocenters. The molecular weight excluding hydrogens is 520 g/mol. The van der Waals surface area contributed by atoms with Crippen LogP contribution in [0.2, 0.25) is 0 Å². The Morgan fingerprint density at radius 2 is 1.33 bits per heavy atom. The molecule has 0 aliphatic carbocycles. The first-order chi connectivity index (χ1) is 18.5. The lowest BCUT2D eigenvalue weighted by molar-refractivity contribution is -0.191. The number of rotatable bonds is 4. The van der Waals surface area contributed by atoms with Crippen LogP contribution in [0.5, 0.6) is 17.2 Å². The minimum Gasteiger partial charge on any atom is -0.508 e. The van der Waals surface area contributed by atoms with E-state index in [2.05, 4.69) is 0 Å². The van der Waals surface area contributed by atoms with Crippen LogP contribution < -0.4 is 10.2 Å². The molecule has 5 rings (SSSR count). The molecule has 0 radical (unpaired) electrons. The average molecular weight is 548 g/mol. The maximum atomic E-state index is 13.4. The van der Waals surface area contributed by atoms with E-state index in [4.69, 9.17) is 18.6 Å². The van der Waals surface area contributed by atoms with Gasteiger partial charge in [-0.15, -0.1) is 0 Å². The third-order valence-corrected chi connectivity index (χ3v) is 7.10. The number of aromatic hydroxyl groups is 2. The van der Waals surface area contributed by atoms with E-state index < -0.39 is 78.6 Å². The molecule has 3 aromatic rings. The highest BCUT2D eigenvalue weighted by molar-refractivity contribution is 5.92. The zero-order valence-corrected chi connectivity index (χ0v) is 20.5. The van der Waals surface area contributed by atoms with Crippen molar-refractivity contribution in [2.45, 2.75) is 48.8 Å². The summed E-state index contributed by atoms with van der Waals surface area (Å²) in [6.07, 6.45) is -12.7. The molecule has 0 bridgehead atoms. The number of aliphatic hydroxyl groups excluding tert-OH is 6. The number of fused-ring (bicyclic) bond motifs is 1. The number of hydrogen-bond donors (Lipinski definition) is 8. The Bertz CT molecular complexity index is 1420. The number of benzene rings is 2. The van der Waals surface area contributed by atoms with Crippen LogP contribution in [0.3, 0.4) is 0 Å². The predicted molar refractivity (Wildman–Crippen MR) is 131 cm³/mol. The van der Waals surface area contributed by atoms with Crippen LogP contribution >= 0.6 is 0 Å². The van der Waals surface area contributed by atoms with Crippen molar-refractivity contribution in [2.75, 3.05) is 20.3 Å². The van der Waals surface area contributed by atoms with Crippen LogP contribution in [0, 0.1) is 0 Å². The highest BCUT2D eigenvalue weighted by atomic mass is 16.5. The van der Waals surface area contributed by atoms with Gasteiger partial charge in [-0.2, -0.15) is 0 Å². The fraction of sp³-hybridized carbons (Fsp3) is 0.423. The molecule has 2 aromatic carbocycles. The summed E-state index contributed by atoms with van der Waals surface area (Å²) >= 11 is 0. The standard InChI is InChI=1S/C26H28O13/c1-36-23-16(25-21(34)18(31)12(29)7-37-25)20(33)15-11(28)6-14(9-2-4-10(27)5-3-9)39-24(15)17(23)26-22(35)19(32)13(30)8-38-26/h2-6,12-13,18-19,21-22,25-27,29-35H,7-8H2,1H3. The number of methoxy groups -OCH3 is 1. The Kier molecular flexibility index (Phi) is 7.26. The summed E-state index contributed by atoms with van der Waals surface area (Å²) in [5.41, 5.74) is -1.10. The van der Waals surface area contributed by atoms with E-state index in [9.17, 15) is 45.6 Å². The summed E-state index contributed by atoms with van der Waals surface area (Å²) in [5, 5.41) is 82.7. The molecule has 8 atom stereocenters. The second kappa shape index (κ2) is 10.4. The Labute approximate surface area is 220 Å². The van der Waals surface area contributed by atoms with Crippen LogP contribution in [0.1, 0.15) is 23.3 Å². The Hall–Kier alpha value is -3.27. The summed E-state index contributed by atoms with van der Waals surface area (Å²) in [6.45, 7) is -0.847. The molecule has 0 saturated carbocycles. The number of phenols is 2. The molecule has 0 amide bonds. The zero-order chi connectivity index (χ0) is 28.2. The van der Waals surface area contributed by atoms with E-state index in [1.807, 2.05) is 0 Å². The van der Waals surface area contributed by atoms with E-state index in [1.165, 1.54) is 31.4 Å². The quantitative estimate of drug-likeness (QED) is 0.200. The SMILES string of the molecule is COc1c(C2OCC(O)C(O)C2O)c(O)c2c(=O)cc(-c3ccc(O)cc3)oc2c1C1OCC(O)C(O)C1O. The minimum atomic E-state index is -1.77. The zero-order valence-electron chi connectivity index (χ0n) is 20.5. The van der Waals surface area contributed by atoms with Gasteiger partial charge >= 0.3 is 0 Å². The molecular formula is C26H28O13. The molecule has 2 saturated heterocycles. The number of phenolic OH excluding ortho intramolecular Hbond substituents is 2. The van der Waals surface area contributed by atoms with Crippen LogP contribution in [-0.4, -0.2) is 97.8 Å². The molecule has 2 fully saturated rings. The van der Waals surface area contributed by atoms with Gasteiger partial charge in [-0.05, 0) is 24.3 Å². The molecule has 2 aliphatic heterocycles. The fourth-order valence-corrected chi connectivity index (χ4v) is 5.03. The van der Waals surface area contributed by atoms with Crippen molar-refractivity contribution in [3.05, 3.63) is 51.7 Å². The van der Waals surface area contributed by atoms with E-state index in [0.29, 0.717) is 5.56 Å². The lowest BCUT2D eigenvalue weighted by Crippen LogP contribution is -2.49. The summed E-state index contributed by atoms with van der Waals surface area (Å²) in [5.74, 6) is -0.987. The van der Waals surface area contributed by atoms with Gasteiger partial charge < -0.3 is 59.5 Å². The van der Waals surface area contributed by atoms with Crippen molar-refractivity contribution in [1.82, 2.24) is 0 Å². The number of aliphatic hydroxyl groups is 6. The lowest BCUT2D eigenvalue weighted by atomic mass is 9.86. The Morgan fingerprint density at radius 1 is 0.795 bits per heavy atom. The van der Waals surface area contributed by atoms with Crippen molar-refractivity contribution in [3.63, 3.8) is 0 Å². The van der Waals surface area contributed by atoms with E-state index in [0.717, 1.165) is 6.07 Å². The second-order valence-electron chi connectivity index (χ2n) is 9.54. The topological polar surface area (TPSA) is 220 Å². The van der Waals surface area contributed by atoms with Gasteiger partial charge in [0.2, 0.25) is 0 Å². The van der Waals surface area contributed by atoms with Crippen LogP contribution in [0.4, 0.5) is 0 Å². The van der Waals surface area contributed by atoms with Gasteiger partial charge in [0.1, 0.15) is 77.2 Å². The second-order valence-corrected chi connectivity index (χ2v) is 9.54. The summed E-state index contributed by atoms with van der Waals surface area (Å²) in [6, 6.07) is 6.79. The number of ether oxygens (including phenoxy) is 3. The van der Waals surface area contributed by atoms with Crippen LogP contribution in [0.15, 0.2) is 39.5 Å². The first-order valence-electron chi connectivity index (χ1n) is 12.1. The number of hydrogen-bond acceptors (Lipinski definition) is 13. The monoisotopic (exact) mass is 548 g/mol. The lowest BCUT2D eigenvalue weighted by Gasteiger charge is -2.38. The fourth-order valence-electron chi connectivity index (χ4n) is 5.03. The van der Waals surface area contributed by atoms with Crippen molar-refractivity contribution in [2.24, 2.45) is 0 Å². The smallest absolute Gasteiger partial charge is 0.197 e. The largest absolute Gasteiger partial charge is 0.508 e. The summed E-state index contributed by atoms with van der Waals surface area (Å²) < 4.78 is 22.8. The van der Waals surface area contributed by atoms with Gasteiger partial charge in [-0.1, -0.05) is 0 Å². The summed E-state index contributed by atoms with van der Waals surface area (Å²) in [7, 11) is 1.19. The van der Waals surface area contributed by atoms with E-state index in [-0.39, 0.29) is 34.0 Å². The molecule has 210 valence electrons. The molecule has 1 aromatic heterocycles. The molecule has 3 heterocycles. The van der Waals surface area contributed by atoms with Gasteiger partial charge in [0, 0.05) is 11.6 Å². The van der Waals surface area contributed by atoms with Gasteiger partial charge in [-0.25, -0.2) is 0 Å². The predicted octanol–water partition coefficient (Wildman–Crippen LogP) is -0.812. The van der Waals surface area contributed by atoms with Crippen molar-refractivity contribution < 1.29 is 59.5 Å². The van der Waals surface area contributed by atoms with E-state index >= 15 is 0 Å². The van der Waals surface area contributed by atoms with Gasteiger partial charge in [-0.3, -0.25) is 4.79 Å². The average Bonchev–Trinajstić information content (AvgIpc) is 2.91. The maximum Gasteiger partial charge on any atom is 0.197 e. The van der Waals surface area contributed by atoms with Crippen LogP contribution in [0.25, 0.3) is 22.3 Å². The maximum absolute atomic E-state index is 13.4. The van der Waals surface area contributed by atoms with Crippen molar-refractivity contribution >= 4 is 11.0 Å². The summed E-state index contributed by atoms with van der Waals surface area (Å²) in [4.78, 5) is 13.4. The highest BCUT2D eigenvalue weighted by Gasteiger charge is 2.46. The highest BCUT2D eigenvalue weighted by Crippen LogP contribution is 2.50. The third-order valence-electron chi connectivity index (χ3n) is 7.10. The molecule has 39 heavy (non-hydrogen) atoms. The molecule has 2 aliphatic rings. The first-order valence-corrected chi connectivity index (χ1v) is 12.1. The van der Waals surface area contributed by atoms with Gasteiger partial charge in [0.15, 0.2) is 11.0 Å². The Balaban J connectivity index is 1.83. The molecule has 13 heteroatoms. The van der Waals surface area contributed by atoms with E-state index in [1.54, 1.807) is 0 Å². The molecule has 0 spiro atoms. The first kappa shape index (κ1) is 27.3. The Morgan fingerprint density at radius 3 is 1.87 bits per heavy atom.